The fourth-order valence-electron chi connectivity index (χ4n) is 4.05. The van der Waals surface area contributed by atoms with Crippen LogP contribution in [0.4, 0.5) is 5.82 Å². The van der Waals surface area contributed by atoms with Crippen LogP contribution in [0.15, 0.2) is 23.3 Å². The van der Waals surface area contributed by atoms with Crippen LogP contribution in [0.3, 0.4) is 0 Å². The predicted octanol–water partition coefficient (Wildman–Crippen LogP) is 3.22. The Bertz CT molecular complexity index is 620. The van der Waals surface area contributed by atoms with Gasteiger partial charge in [0.05, 0.1) is 5.02 Å². The Hall–Kier alpha value is -0.800. The highest BCUT2D eigenvalue weighted by atomic mass is 127. The molecule has 0 radical (unpaired) electrons. The number of rotatable bonds is 6. The summed E-state index contributed by atoms with van der Waals surface area (Å²) in [6.45, 7) is 8.78. The molecule has 8 heteroatoms. The first kappa shape index (κ1) is 23.5. The molecular weight excluding hydrogens is 487 g/mol. The molecule has 2 aliphatic rings. The van der Waals surface area contributed by atoms with Gasteiger partial charge in [-0.3, -0.25) is 4.99 Å². The molecule has 1 atom stereocenters. The average Bonchev–Trinajstić information content (AvgIpc) is 3.16. The van der Waals surface area contributed by atoms with Crippen molar-refractivity contribution in [3.63, 3.8) is 0 Å². The maximum absolute atomic E-state index is 6.28. The zero-order valence-corrected chi connectivity index (χ0v) is 20.1. The van der Waals surface area contributed by atoms with Gasteiger partial charge >= 0.3 is 0 Å². The van der Waals surface area contributed by atoms with E-state index in [1.54, 1.807) is 6.20 Å². The molecule has 1 unspecified atom stereocenters. The summed E-state index contributed by atoms with van der Waals surface area (Å²) in [7, 11) is 1.84. The maximum Gasteiger partial charge on any atom is 0.191 e. The van der Waals surface area contributed by atoms with E-state index < -0.39 is 0 Å². The number of nitrogens with one attached hydrogen (secondary N) is 2. The number of aliphatic imine (C=N–C) groups is 1. The molecule has 0 amide bonds. The molecule has 3 heterocycles. The summed E-state index contributed by atoms with van der Waals surface area (Å²) in [5.41, 5.74) is 0. The third kappa shape index (κ3) is 6.62. The lowest BCUT2D eigenvalue weighted by molar-refractivity contribution is 0.187. The van der Waals surface area contributed by atoms with Crippen molar-refractivity contribution in [2.24, 2.45) is 10.9 Å². The topological polar surface area (TPSA) is 55.8 Å². The zero-order valence-electron chi connectivity index (χ0n) is 17.0. The lowest BCUT2D eigenvalue weighted by Gasteiger charge is -2.31. The van der Waals surface area contributed by atoms with Crippen LogP contribution >= 0.6 is 35.6 Å². The van der Waals surface area contributed by atoms with Gasteiger partial charge in [-0.2, -0.15) is 0 Å². The zero-order chi connectivity index (χ0) is 19.1. The third-order valence-electron chi connectivity index (χ3n) is 5.79. The van der Waals surface area contributed by atoms with Crippen LogP contribution in [0, 0.1) is 5.92 Å². The molecule has 158 valence electrons. The summed E-state index contributed by atoms with van der Waals surface area (Å²) in [5.74, 6) is 2.62. The Balaban J connectivity index is 0.00000280. The molecule has 1 aromatic heterocycles. The average molecular weight is 521 g/mol. The van der Waals surface area contributed by atoms with Crippen LogP contribution < -0.4 is 15.5 Å². The normalized spacial score (nSPS) is 21.5. The van der Waals surface area contributed by atoms with Crippen LogP contribution in [0.5, 0.6) is 0 Å². The summed E-state index contributed by atoms with van der Waals surface area (Å²) in [4.78, 5) is 13.6. The SMILES string of the molecule is CCN1CCC(CCNC(=NC)NC2CCN(c3ncccc3Cl)C2)CC1.I. The van der Waals surface area contributed by atoms with E-state index in [9.17, 15) is 0 Å². The smallest absolute Gasteiger partial charge is 0.191 e. The molecule has 0 spiro atoms. The lowest BCUT2D eigenvalue weighted by atomic mass is 9.93. The Morgan fingerprint density at radius 2 is 2.07 bits per heavy atom. The molecule has 2 N–H and O–H groups in total. The molecule has 1 aromatic rings. The largest absolute Gasteiger partial charge is 0.356 e. The van der Waals surface area contributed by atoms with Crippen LogP contribution in [0.1, 0.15) is 32.6 Å². The molecule has 2 aliphatic heterocycles. The van der Waals surface area contributed by atoms with Gasteiger partial charge in [-0.15, -0.1) is 24.0 Å². The fourth-order valence-corrected chi connectivity index (χ4v) is 4.30. The summed E-state index contributed by atoms with van der Waals surface area (Å²) in [6, 6.07) is 4.13. The van der Waals surface area contributed by atoms with Crippen LogP contribution in [0.25, 0.3) is 0 Å². The first-order valence-corrected chi connectivity index (χ1v) is 10.6. The number of aromatic nitrogens is 1. The van der Waals surface area contributed by atoms with Crippen LogP contribution in [-0.4, -0.2) is 68.2 Å². The Kier molecular flexibility index (Phi) is 10.1. The molecule has 3 rings (SSSR count). The van der Waals surface area contributed by atoms with E-state index in [1.807, 2.05) is 19.2 Å². The van der Waals surface area contributed by atoms with Crippen molar-refractivity contribution in [1.82, 2.24) is 20.5 Å². The van der Waals surface area contributed by atoms with E-state index in [0.29, 0.717) is 6.04 Å². The van der Waals surface area contributed by atoms with Gasteiger partial charge in [0.1, 0.15) is 5.82 Å². The van der Waals surface area contributed by atoms with Crippen molar-refractivity contribution in [2.45, 2.75) is 38.6 Å². The van der Waals surface area contributed by atoms with Crippen molar-refractivity contribution in [3.8, 4) is 0 Å². The third-order valence-corrected chi connectivity index (χ3v) is 6.09. The first-order chi connectivity index (χ1) is 13.2. The number of halogens is 2. The Morgan fingerprint density at radius 1 is 1.29 bits per heavy atom. The molecule has 0 aliphatic carbocycles. The van der Waals surface area contributed by atoms with E-state index in [1.165, 1.54) is 38.9 Å². The number of hydrogen-bond donors (Lipinski definition) is 2. The molecule has 0 bridgehead atoms. The Morgan fingerprint density at radius 3 is 2.75 bits per heavy atom. The van der Waals surface area contributed by atoms with Crippen molar-refractivity contribution < 1.29 is 0 Å². The lowest BCUT2D eigenvalue weighted by Crippen LogP contribution is -2.45. The number of anilines is 1. The van der Waals surface area contributed by atoms with Gasteiger partial charge in [-0.1, -0.05) is 18.5 Å². The molecule has 28 heavy (non-hydrogen) atoms. The van der Waals surface area contributed by atoms with Crippen molar-refractivity contribution in [2.75, 3.05) is 51.2 Å². The minimum absolute atomic E-state index is 0. The number of hydrogen-bond acceptors (Lipinski definition) is 4. The highest BCUT2D eigenvalue weighted by Gasteiger charge is 2.25. The quantitative estimate of drug-likeness (QED) is 0.343. The van der Waals surface area contributed by atoms with Crippen LogP contribution in [0.2, 0.25) is 5.02 Å². The molecule has 2 saturated heterocycles. The minimum atomic E-state index is 0. The molecule has 0 saturated carbocycles. The van der Waals surface area contributed by atoms with E-state index in [0.717, 1.165) is 48.8 Å². The highest BCUT2D eigenvalue weighted by molar-refractivity contribution is 14.0. The van der Waals surface area contributed by atoms with Gasteiger partial charge in [-0.05, 0) is 63.4 Å². The first-order valence-electron chi connectivity index (χ1n) is 10.2. The second-order valence-electron chi connectivity index (χ2n) is 7.55. The molecular formula is C20H34ClIN6. The monoisotopic (exact) mass is 520 g/mol. The fraction of sp³-hybridized carbons (Fsp3) is 0.700. The summed E-state index contributed by atoms with van der Waals surface area (Å²) < 4.78 is 0. The van der Waals surface area contributed by atoms with Crippen LogP contribution in [-0.2, 0) is 0 Å². The van der Waals surface area contributed by atoms with Gasteiger partial charge in [0.2, 0.25) is 0 Å². The van der Waals surface area contributed by atoms with Gasteiger partial charge in [0, 0.05) is 38.9 Å². The maximum atomic E-state index is 6.28. The van der Waals surface area contributed by atoms with Gasteiger partial charge in [-0.25, -0.2) is 4.98 Å². The number of guanidine groups is 1. The number of pyridine rings is 1. The highest BCUT2D eigenvalue weighted by Crippen LogP contribution is 2.25. The number of nitrogens with zero attached hydrogens (tertiary/aromatic N) is 4. The number of likely N-dealkylation sites (tertiary alicyclic amines) is 1. The van der Waals surface area contributed by atoms with E-state index in [4.69, 9.17) is 11.6 Å². The van der Waals surface area contributed by atoms with Gasteiger partial charge < -0.3 is 20.4 Å². The van der Waals surface area contributed by atoms with Crippen molar-refractivity contribution >= 4 is 47.4 Å². The minimum Gasteiger partial charge on any atom is -0.356 e. The molecule has 2 fully saturated rings. The van der Waals surface area contributed by atoms with E-state index >= 15 is 0 Å². The van der Waals surface area contributed by atoms with E-state index in [2.05, 4.69) is 37.3 Å². The Labute approximate surface area is 191 Å². The van der Waals surface area contributed by atoms with Crippen molar-refractivity contribution in [3.05, 3.63) is 23.4 Å². The van der Waals surface area contributed by atoms with Gasteiger partial charge in [0.25, 0.3) is 0 Å². The number of piperidine rings is 1. The van der Waals surface area contributed by atoms with E-state index in [-0.39, 0.29) is 24.0 Å². The van der Waals surface area contributed by atoms with Crippen molar-refractivity contribution in [1.29, 1.82) is 0 Å². The second kappa shape index (κ2) is 12.0. The summed E-state index contributed by atoms with van der Waals surface area (Å²) in [5, 5.41) is 7.77. The molecule has 0 aromatic carbocycles. The second-order valence-corrected chi connectivity index (χ2v) is 7.96. The summed E-state index contributed by atoms with van der Waals surface area (Å²) in [6.07, 6.45) is 6.73. The standard InChI is InChI=1S/C20H33ClN6.HI/c1-3-26-12-7-16(8-13-26)6-11-24-20(22-2)25-17-9-14-27(15-17)19-18(21)5-4-10-23-19;/h4-5,10,16-17H,3,6-9,11-15H2,1-2H3,(H2,22,24,25);1H. The molecule has 6 nitrogen and oxygen atoms in total. The summed E-state index contributed by atoms with van der Waals surface area (Å²) >= 11 is 6.28. The predicted molar refractivity (Wildman–Crippen MR) is 129 cm³/mol. The van der Waals surface area contributed by atoms with Gasteiger partial charge in [0.15, 0.2) is 5.96 Å².